The number of carboxylic acid groups (broad SMARTS) is 1. The van der Waals surface area contributed by atoms with Crippen molar-refractivity contribution in [2.45, 2.75) is 31.8 Å². The Hall–Kier alpha value is -3.09. The molecule has 0 spiro atoms. The molecule has 2 aromatic carbocycles. The Balaban J connectivity index is 0.00000760. The molecule has 0 aliphatic heterocycles. The number of para-hydroxylation sites is 1. The van der Waals surface area contributed by atoms with Gasteiger partial charge in [0, 0.05) is 0 Å². The average Bonchev–Trinajstić information content (AvgIpc) is 2.90. The van der Waals surface area contributed by atoms with Crippen molar-refractivity contribution in [1.29, 1.82) is 0 Å². The van der Waals surface area contributed by atoms with E-state index in [0.717, 1.165) is 4.46 Å². The number of halogens is 1. The fourth-order valence-electron chi connectivity index (χ4n) is 2.97. The van der Waals surface area contributed by atoms with Gasteiger partial charge < -0.3 is 0 Å². The van der Waals surface area contributed by atoms with E-state index in [2.05, 4.69) is 16.0 Å². The fraction of sp³-hybridized carbons (Fsp3) is 0.320. The van der Waals surface area contributed by atoms with Gasteiger partial charge in [0.2, 0.25) is 0 Å². The molecule has 0 aromatic heterocycles. The number of ether oxygens (including phenoxy) is 1. The van der Waals surface area contributed by atoms with Gasteiger partial charge in [0.1, 0.15) is 0 Å². The second kappa shape index (κ2) is 18.2. The van der Waals surface area contributed by atoms with Crippen molar-refractivity contribution in [3.8, 4) is 0 Å². The van der Waals surface area contributed by atoms with Crippen molar-refractivity contribution in [2.24, 2.45) is 5.73 Å². The minimum atomic E-state index is -1.23. The van der Waals surface area contributed by atoms with Crippen molar-refractivity contribution >= 4 is 76.2 Å². The molecule has 0 unspecified atom stereocenters. The number of carbonyl (C=O) groups excluding carboxylic acids is 4. The molecule has 0 saturated heterocycles. The zero-order valence-electron chi connectivity index (χ0n) is 21.1. The number of amides is 3. The van der Waals surface area contributed by atoms with E-state index in [1.807, 2.05) is 30.3 Å². The molecule has 0 bridgehead atoms. The number of nitrogens with one attached hydrogen (secondary N) is 3. The fourth-order valence-corrected chi connectivity index (χ4v) is 7.18. The van der Waals surface area contributed by atoms with E-state index in [4.69, 9.17) is 15.6 Å². The van der Waals surface area contributed by atoms with Gasteiger partial charge in [-0.2, -0.15) is 0 Å². The van der Waals surface area contributed by atoms with E-state index >= 15 is 0 Å². The number of carbonyl (C=O) groups is 5. The Labute approximate surface area is 242 Å². The molecule has 0 heterocycles. The first-order valence-corrected chi connectivity index (χ1v) is 15.5. The summed E-state index contributed by atoms with van der Waals surface area (Å²) in [5.74, 6) is -3.09. The van der Waals surface area contributed by atoms with E-state index in [-0.39, 0.29) is 63.9 Å². The smallest absolute Gasteiger partial charge is 0.147 e. The monoisotopic (exact) mass is 646 g/mol. The van der Waals surface area contributed by atoms with Gasteiger partial charge in [-0.3, -0.25) is 0 Å². The van der Waals surface area contributed by atoms with E-state index in [0.29, 0.717) is 11.3 Å². The van der Waals surface area contributed by atoms with E-state index < -0.39 is 35.8 Å². The van der Waals surface area contributed by atoms with Gasteiger partial charge in [-0.15, -0.1) is 12.4 Å². The summed E-state index contributed by atoms with van der Waals surface area (Å²) >= 11 is -0.305. The number of esters is 1. The summed E-state index contributed by atoms with van der Waals surface area (Å²) < 4.78 is 5.60. The molecule has 212 valence electrons. The normalized spacial score (nSPS) is 11.7. The molecule has 2 atom stereocenters. The van der Waals surface area contributed by atoms with Crippen molar-refractivity contribution in [1.82, 2.24) is 10.6 Å². The number of rotatable bonds is 15. The molecule has 3 amide bonds. The zero-order chi connectivity index (χ0) is 27.9. The van der Waals surface area contributed by atoms with Gasteiger partial charge in [-0.05, 0) is 0 Å². The number of hydrogen-bond acceptors (Lipinski definition) is 8. The molecule has 2 aromatic rings. The summed E-state index contributed by atoms with van der Waals surface area (Å²) in [6, 6.07) is 14.0. The van der Waals surface area contributed by atoms with Crippen LogP contribution in [-0.2, 0) is 23.9 Å². The number of nitrogens with two attached hydrogens (primary N) is 1. The molecule has 0 radical (unpaired) electrons. The summed E-state index contributed by atoms with van der Waals surface area (Å²) in [7, 11) is 1.37. The summed E-state index contributed by atoms with van der Waals surface area (Å²) in [6.07, 6.45) is -0.285. The van der Waals surface area contributed by atoms with Gasteiger partial charge in [0.15, 0.2) is 0 Å². The summed E-state index contributed by atoms with van der Waals surface area (Å²) in [5, 5.41) is 16.8. The predicted octanol–water partition coefficient (Wildman–Crippen LogP) is 0.695. The van der Waals surface area contributed by atoms with Crippen LogP contribution in [0.4, 0.5) is 5.69 Å². The standard InChI is InChI=1S/C25H30N4O7SSe.ClH/c1-2-36-22(31)14-27-24(33)19(29-21(30)13-12-18(26)25(34)35)15-37-38-20-11-7-6-10-17(20)23(32)28-16-8-4-3-5-9-16;/h3-11,18-19H,2,12-15,26H2,1H3,(H,27,33)(H,28,32)(H,29,30)(H,34,35);1H/t18-,19-;/m0./s1. The average molecular weight is 646 g/mol. The van der Waals surface area contributed by atoms with Crippen molar-refractivity contribution < 1.29 is 33.8 Å². The third-order valence-electron chi connectivity index (χ3n) is 4.91. The number of carboxylic acids is 1. The SMILES string of the molecule is CCOC(=O)CNC(=O)[C@H](CS[Se]c1ccccc1C(=O)Nc1ccccc1)NC(=O)CC[C@H](N)C(=O)O.Cl. The maximum absolute atomic E-state index is 12.8. The molecular weight excluding hydrogens is 615 g/mol. The van der Waals surface area contributed by atoms with Crippen LogP contribution < -0.4 is 26.1 Å². The van der Waals surface area contributed by atoms with Gasteiger partial charge in [0.25, 0.3) is 0 Å². The van der Waals surface area contributed by atoms with Crippen LogP contribution in [0.15, 0.2) is 54.6 Å². The summed E-state index contributed by atoms with van der Waals surface area (Å²) in [4.78, 5) is 60.5. The first-order valence-electron chi connectivity index (χ1n) is 11.7. The minimum Gasteiger partial charge on any atom is -0.147 e. The van der Waals surface area contributed by atoms with Crippen LogP contribution in [0.5, 0.6) is 0 Å². The third-order valence-corrected chi connectivity index (χ3v) is 9.15. The van der Waals surface area contributed by atoms with Crippen molar-refractivity contribution in [3.63, 3.8) is 0 Å². The molecule has 2 rings (SSSR count). The van der Waals surface area contributed by atoms with Crippen molar-refractivity contribution in [3.05, 3.63) is 60.2 Å². The van der Waals surface area contributed by atoms with Crippen LogP contribution in [0.3, 0.4) is 0 Å². The first kappa shape index (κ1) is 33.9. The maximum Gasteiger partial charge on any atom is -0.147 e. The predicted molar refractivity (Wildman–Crippen MR) is 152 cm³/mol. The minimum absolute atomic E-state index is 0. The van der Waals surface area contributed by atoms with Crippen LogP contribution in [0.1, 0.15) is 30.1 Å². The van der Waals surface area contributed by atoms with Gasteiger partial charge >= 0.3 is 230 Å². The van der Waals surface area contributed by atoms with Crippen LogP contribution in [0.25, 0.3) is 0 Å². The Morgan fingerprint density at radius 1 is 1.05 bits per heavy atom. The van der Waals surface area contributed by atoms with Gasteiger partial charge in [-0.25, -0.2) is 0 Å². The van der Waals surface area contributed by atoms with Gasteiger partial charge in [0.05, 0.1) is 0 Å². The van der Waals surface area contributed by atoms with Crippen molar-refractivity contribution in [2.75, 3.05) is 24.2 Å². The van der Waals surface area contributed by atoms with E-state index in [9.17, 15) is 24.0 Å². The van der Waals surface area contributed by atoms with Crippen LogP contribution in [0.2, 0.25) is 0 Å². The number of benzene rings is 2. The maximum atomic E-state index is 12.8. The molecular formula is C25H31ClN4O7SSe. The molecule has 14 heteroatoms. The van der Waals surface area contributed by atoms with Crippen LogP contribution >= 0.6 is 22.6 Å². The van der Waals surface area contributed by atoms with Crippen LogP contribution in [0, 0.1) is 0 Å². The second-order valence-electron chi connectivity index (χ2n) is 7.81. The zero-order valence-corrected chi connectivity index (χ0v) is 24.4. The Morgan fingerprint density at radius 3 is 2.38 bits per heavy atom. The Bertz CT molecular complexity index is 1130. The number of anilines is 1. The van der Waals surface area contributed by atoms with E-state index in [1.54, 1.807) is 31.2 Å². The Morgan fingerprint density at radius 2 is 1.72 bits per heavy atom. The molecule has 11 nitrogen and oxygen atoms in total. The molecule has 0 saturated carbocycles. The molecule has 39 heavy (non-hydrogen) atoms. The van der Waals surface area contributed by atoms with Gasteiger partial charge in [-0.1, -0.05) is 0 Å². The summed E-state index contributed by atoms with van der Waals surface area (Å²) in [5.41, 5.74) is 6.61. The first-order chi connectivity index (χ1) is 18.2. The molecule has 0 aliphatic rings. The molecule has 6 N–H and O–H groups in total. The third kappa shape index (κ3) is 12.5. The number of hydrogen-bond donors (Lipinski definition) is 5. The number of aliphatic carboxylic acids is 1. The Kier molecular flexibility index (Phi) is 15.9. The second-order valence-corrected chi connectivity index (χ2v) is 12.0. The largest absolute Gasteiger partial charge is 0.147 e. The quantitative estimate of drug-likeness (QED) is 0.138. The summed E-state index contributed by atoms with van der Waals surface area (Å²) in [6.45, 7) is 1.44. The topological polar surface area (TPSA) is 177 Å². The van der Waals surface area contributed by atoms with E-state index in [1.165, 1.54) is 10.2 Å². The molecule has 0 fully saturated rings. The molecule has 0 aliphatic carbocycles. The van der Waals surface area contributed by atoms with Crippen LogP contribution in [-0.4, -0.2) is 79.6 Å².